The van der Waals surface area contributed by atoms with Crippen LogP contribution >= 0.6 is 0 Å². The second kappa shape index (κ2) is 2.20. The Kier molecular flexibility index (Phi) is 1.11. The van der Waals surface area contributed by atoms with E-state index in [2.05, 4.69) is 40.8 Å². The first-order valence-electron chi connectivity index (χ1n) is 5.25. The molecule has 2 fully saturated rings. The maximum absolute atomic E-state index is 3.43. The lowest BCUT2D eigenvalue weighted by atomic mass is 9.81. The fourth-order valence-corrected chi connectivity index (χ4v) is 3.09. The summed E-state index contributed by atoms with van der Waals surface area (Å²) in [5, 5.41) is 2.33. The van der Waals surface area contributed by atoms with E-state index in [0.717, 1.165) is 24.9 Å². The number of fused-ring (bicyclic) bond motifs is 2. The van der Waals surface area contributed by atoms with Gasteiger partial charge in [-0.05, 0) is 17.2 Å². The van der Waals surface area contributed by atoms with Crippen molar-refractivity contribution in [2.45, 2.75) is 5.92 Å². The molecule has 70 valence electrons. The Morgan fingerprint density at radius 2 is 2.14 bits per heavy atom. The van der Waals surface area contributed by atoms with Gasteiger partial charge in [0.2, 0.25) is 0 Å². The number of hydrogen-bond donors (Lipinski definition) is 1. The van der Waals surface area contributed by atoms with E-state index in [0.29, 0.717) is 0 Å². The number of hydrazine groups is 1. The van der Waals surface area contributed by atoms with Crippen LogP contribution in [0.3, 0.4) is 0 Å². The summed E-state index contributed by atoms with van der Waals surface area (Å²) in [5.74, 6) is 1.48. The normalized spacial score (nSPS) is 31.7. The van der Waals surface area contributed by atoms with Gasteiger partial charge in [0.05, 0.1) is 0 Å². The molecule has 2 unspecified atom stereocenters. The van der Waals surface area contributed by atoms with Crippen molar-refractivity contribution in [2.75, 3.05) is 13.1 Å². The second-order valence-electron chi connectivity index (χ2n) is 4.38. The lowest BCUT2D eigenvalue weighted by molar-refractivity contribution is 0.277. The molecule has 1 N–H and O–H groups in total. The van der Waals surface area contributed by atoms with Gasteiger partial charge >= 0.3 is 0 Å². The summed E-state index contributed by atoms with van der Waals surface area (Å²) < 4.78 is 0. The van der Waals surface area contributed by atoms with Gasteiger partial charge in [0.1, 0.15) is 0 Å². The van der Waals surface area contributed by atoms with E-state index < -0.39 is 0 Å². The van der Waals surface area contributed by atoms with Crippen LogP contribution in [-0.4, -0.2) is 18.1 Å². The number of nitrogens with zero attached hydrogens (tertiary/aromatic N) is 1. The fraction of sp³-hybridized carbons (Fsp3) is 0.333. The van der Waals surface area contributed by atoms with Crippen molar-refractivity contribution in [1.82, 2.24) is 10.4 Å². The van der Waals surface area contributed by atoms with Crippen LogP contribution in [0.25, 0.3) is 6.08 Å². The molecule has 0 spiro atoms. The molecule has 1 aromatic carbocycles. The highest BCUT2D eigenvalue weighted by Gasteiger charge is 2.45. The molecule has 2 saturated heterocycles. The largest absolute Gasteiger partial charge is 0.311 e. The van der Waals surface area contributed by atoms with E-state index in [-0.39, 0.29) is 0 Å². The number of rotatable bonds is 0. The molecule has 2 heteroatoms. The van der Waals surface area contributed by atoms with E-state index >= 15 is 0 Å². The molecular formula is C12H12N2. The number of nitrogens with one attached hydrogen (secondary N) is 1. The predicted octanol–water partition coefficient (Wildman–Crippen LogP) is 1.57. The minimum atomic E-state index is 0.741. The quantitative estimate of drug-likeness (QED) is 0.658. The van der Waals surface area contributed by atoms with Gasteiger partial charge in [-0.1, -0.05) is 24.3 Å². The second-order valence-corrected chi connectivity index (χ2v) is 4.38. The zero-order valence-electron chi connectivity index (χ0n) is 7.90. The van der Waals surface area contributed by atoms with Crippen LogP contribution < -0.4 is 5.43 Å². The average Bonchev–Trinajstić information content (AvgIpc) is 2.73. The van der Waals surface area contributed by atoms with Gasteiger partial charge in [-0.3, -0.25) is 0 Å². The van der Waals surface area contributed by atoms with Crippen LogP contribution in [0.1, 0.15) is 17.0 Å². The minimum Gasteiger partial charge on any atom is -0.311 e. The summed E-state index contributed by atoms with van der Waals surface area (Å²) >= 11 is 0. The van der Waals surface area contributed by atoms with Crippen molar-refractivity contribution in [3.05, 3.63) is 41.1 Å². The smallest absolute Gasteiger partial charge is 0.0417 e. The maximum atomic E-state index is 3.43. The van der Waals surface area contributed by atoms with Crippen molar-refractivity contribution < 1.29 is 0 Å². The zero-order valence-corrected chi connectivity index (χ0v) is 7.90. The Morgan fingerprint density at radius 1 is 1.21 bits per heavy atom. The third kappa shape index (κ3) is 0.676. The first-order chi connectivity index (χ1) is 6.93. The van der Waals surface area contributed by atoms with Gasteiger partial charge in [0, 0.05) is 30.6 Å². The SMILES string of the molecule is C1=C2C3CNN2CC3c2ccccc21. The monoisotopic (exact) mass is 184 g/mol. The highest BCUT2D eigenvalue weighted by Crippen LogP contribution is 2.47. The maximum Gasteiger partial charge on any atom is 0.0417 e. The molecule has 0 saturated carbocycles. The summed E-state index contributed by atoms with van der Waals surface area (Å²) in [7, 11) is 0. The van der Waals surface area contributed by atoms with Crippen LogP contribution in [-0.2, 0) is 0 Å². The summed E-state index contributed by atoms with van der Waals surface area (Å²) in [6, 6.07) is 8.81. The summed E-state index contributed by atoms with van der Waals surface area (Å²) in [6.45, 7) is 2.29. The van der Waals surface area contributed by atoms with Gasteiger partial charge in [-0.15, -0.1) is 0 Å². The molecule has 2 atom stereocenters. The molecule has 2 nitrogen and oxygen atoms in total. The molecule has 2 heterocycles. The van der Waals surface area contributed by atoms with E-state index in [1.54, 1.807) is 5.56 Å². The van der Waals surface area contributed by atoms with Crippen LogP contribution in [0, 0.1) is 5.92 Å². The first-order valence-corrected chi connectivity index (χ1v) is 5.25. The molecule has 1 aromatic rings. The lowest BCUT2D eigenvalue weighted by Crippen LogP contribution is -2.35. The standard InChI is InChI=1S/C12H12N2/c1-2-4-9-8(3-1)5-12-10-6-13-14(12)7-11(9)10/h1-5,10-11,13H,6-7H2. The molecular weight excluding hydrogens is 172 g/mol. The van der Waals surface area contributed by atoms with Crippen LogP contribution in [0.4, 0.5) is 0 Å². The van der Waals surface area contributed by atoms with Gasteiger partial charge in [-0.2, -0.15) is 0 Å². The fourth-order valence-electron chi connectivity index (χ4n) is 3.09. The highest BCUT2D eigenvalue weighted by molar-refractivity contribution is 5.64. The molecule has 0 radical (unpaired) electrons. The first kappa shape index (κ1) is 7.07. The van der Waals surface area contributed by atoms with E-state index in [9.17, 15) is 0 Å². The molecule has 14 heavy (non-hydrogen) atoms. The van der Waals surface area contributed by atoms with E-state index in [4.69, 9.17) is 0 Å². The van der Waals surface area contributed by atoms with Crippen molar-refractivity contribution in [2.24, 2.45) is 5.92 Å². The van der Waals surface area contributed by atoms with Gasteiger partial charge < -0.3 is 5.01 Å². The highest BCUT2D eigenvalue weighted by atomic mass is 15.6. The average molecular weight is 184 g/mol. The van der Waals surface area contributed by atoms with Gasteiger partial charge in [-0.25, -0.2) is 5.43 Å². The molecule has 0 aromatic heterocycles. The van der Waals surface area contributed by atoms with Crippen LogP contribution in [0.5, 0.6) is 0 Å². The number of hydrogen-bond acceptors (Lipinski definition) is 2. The van der Waals surface area contributed by atoms with Crippen molar-refractivity contribution >= 4 is 6.08 Å². The molecule has 4 bridgehead atoms. The third-order valence-corrected chi connectivity index (χ3v) is 3.76. The number of benzene rings is 1. The Hall–Kier alpha value is -1.28. The molecule has 4 rings (SSSR count). The minimum absolute atomic E-state index is 0.741. The van der Waals surface area contributed by atoms with Crippen LogP contribution in [0.2, 0.25) is 0 Å². The predicted molar refractivity (Wildman–Crippen MR) is 55.4 cm³/mol. The van der Waals surface area contributed by atoms with Gasteiger partial charge in [0.15, 0.2) is 0 Å². The van der Waals surface area contributed by atoms with Gasteiger partial charge in [0.25, 0.3) is 0 Å². The molecule has 3 aliphatic rings. The van der Waals surface area contributed by atoms with E-state index in [1.165, 1.54) is 11.3 Å². The summed E-state index contributed by atoms with van der Waals surface area (Å²) in [4.78, 5) is 0. The van der Waals surface area contributed by atoms with Crippen molar-refractivity contribution in [3.63, 3.8) is 0 Å². The zero-order chi connectivity index (χ0) is 9.12. The van der Waals surface area contributed by atoms with Crippen LogP contribution in [0.15, 0.2) is 30.0 Å². The molecule has 0 amide bonds. The Balaban J connectivity index is 1.99. The Morgan fingerprint density at radius 3 is 3.14 bits per heavy atom. The molecule has 1 aliphatic carbocycles. The Bertz CT molecular complexity index is 436. The summed E-state index contributed by atoms with van der Waals surface area (Å²) in [6.07, 6.45) is 2.35. The summed E-state index contributed by atoms with van der Waals surface area (Å²) in [5.41, 5.74) is 7.91. The third-order valence-electron chi connectivity index (χ3n) is 3.76. The molecule has 2 aliphatic heterocycles. The van der Waals surface area contributed by atoms with E-state index in [1.807, 2.05) is 0 Å². The topological polar surface area (TPSA) is 15.3 Å². The lowest BCUT2D eigenvalue weighted by Gasteiger charge is -2.24. The van der Waals surface area contributed by atoms with Crippen molar-refractivity contribution in [3.8, 4) is 0 Å². The Labute approximate surface area is 83.2 Å². The van der Waals surface area contributed by atoms with Crippen molar-refractivity contribution in [1.29, 1.82) is 0 Å².